The number of alkyl halides is 2. The van der Waals surface area contributed by atoms with Gasteiger partial charge in [-0.1, -0.05) is 12.2 Å². The van der Waals surface area contributed by atoms with Gasteiger partial charge in [-0.15, -0.1) is 0 Å². The molecule has 1 aliphatic carbocycles. The summed E-state index contributed by atoms with van der Waals surface area (Å²) in [4.78, 5) is 0. The quantitative estimate of drug-likeness (QED) is 0.605. The normalized spacial score (nSPS) is 20.1. The molecule has 2 rings (SSSR count). The molecule has 13 heavy (non-hydrogen) atoms. The zero-order valence-corrected chi connectivity index (χ0v) is 6.84. The van der Waals surface area contributed by atoms with Crippen LogP contribution in [0.1, 0.15) is 6.42 Å². The van der Waals surface area contributed by atoms with E-state index in [-0.39, 0.29) is 5.57 Å². The van der Waals surface area contributed by atoms with E-state index < -0.39 is 6.43 Å². The van der Waals surface area contributed by atoms with Crippen LogP contribution >= 0.6 is 0 Å². The van der Waals surface area contributed by atoms with E-state index in [0.717, 1.165) is 5.57 Å². The molecule has 0 aromatic heterocycles. The van der Waals surface area contributed by atoms with Crippen LogP contribution in [0.3, 0.4) is 0 Å². The van der Waals surface area contributed by atoms with E-state index in [1.54, 1.807) is 6.08 Å². The molecular formula is C10H8F2O. The maximum Gasteiger partial charge on any atom is 0.263 e. The average molecular weight is 182 g/mol. The van der Waals surface area contributed by atoms with Gasteiger partial charge >= 0.3 is 0 Å². The lowest BCUT2D eigenvalue weighted by molar-refractivity contribution is 0.192. The highest BCUT2D eigenvalue weighted by Crippen LogP contribution is 2.29. The number of hydrogen-bond donors (Lipinski definition) is 0. The minimum Gasteiger partial charge on any atom is -0.465 e. The van der Waals surface area contributed by atoms with Crippen molar-refractivity contribution in [2.24, 2.45) is 0 Å². The highest BCUT2D eigenvalue weighted by Gasteiger charge is 2.18. The molecule has 0 N–H and O–H groups in total. The van der Waals surface area contributed by atoms with E-state index in [2.05, 4.69) is 0 Å². The molecule has 0 fully saturated rings. The minimum absolute atomic E-state index is 0.0439. The number of allylic oxidation sites excluding steroid dienone is 6. The third kappa shape index (κ3) is 1.54. The van der Waals surface area contributed by atoms with Gasteiger partial charge in [0.25, 0.3) is 6.43 Å². The summed E-state index contributed by atoms with van der Waals surface area (Å²) < 4.78 is 29.6. The third-order valence-electron chi connectivity index (χ3n) is 1.99. The Morgan fingerprint density at radius 3 is 3.00 bits per heavy atom. The van der Waals surface area contributed by atoms with Gasteiger partial charge in [0, 0.05) is 5.57 Å². The van der Waals surface area contributed by atoms with Crippen LogP contribution in [0.2, 0.25) is 0 Å². The molecule has 0 atom stereocenters. The third-order valence-corrected chi connectivity index (χ3v) is 1.99. The van der Waals surface area contributed by atoms with Crippen molar-refractivity contribution in [3.05, 3.63) is 47.5 Å². The van der Waals surface area contributed by atoms with Crippen LogP contribution < -0.4 is 0 Å². The van der Waals surface area contributed by atoms with Crippen molar-refractivity contribution < 1.29 is 13.5 Å². The zero-order valence-electron chi connectivity index (χ0n) is 6.84. The Bertz CT molecular complexity index is 335. The predicted octanol–water partition coefficient (Wildman–Crippen LogP) is 2.94. The lowest BCUT2D eigenvalue weighted by atomic mass is 9.99. The number of ether oxygens (including phenoxy) is 1. The summed E-state index contributed by atoms with van der Waals surface area (Å²) in [5.74, 6) is 0.542. The molecule has 0 unspecified atom stereocenters. The van der Waals surface area contributed by atoms with Crippen LogP contribution in [0.15, 0.2) is 47.5 Å². The second-order valence-corrected chi connectivity index (χ2v) is 2.86. The van der Waals surface area contributed by atoms with Crippen molar-refractivity contribution in [3.8, 4) is 0 Å². The molecule has 68 valence electrons. The fourth-order valence-corrected chi connectivity index (χ4v) is 1.31. The first-order valence-corrected chi connectivity index (χ1v) is 4.00. The van der Waals surface area contributed by atoms with Crippen molar-refractivity contribution >= 4 is 0 Å². The van der Waals surface area contributed by atoms with E-state index in [9.17, 15) is 8.78 Å². The van der Waals surface area contributed by atoms with Crippen LogP contribution in [-0.4, -0.2) is 6.43 Å². The van der Waals surface area contributed by atoms with E-state index in [1.165, 1.54) is 18.4 Å². The summed E-state index contributed by atoms with van der Waals surface area (Å²) in [6, 6.07) is 0. The molecule has 0 saturated carbocycles. The molecule has 0 saturated heterocycles. The van der Waals surface area contributed by atoms with Gasteiger partial charge in [0.1, 0.15) is 5.76 Å². The molecule has 0 aromatic rings. The number of fused-ring (bicyclic) bond motifs is 1. The first-order valence-electron chi connectivity index (χ1n) is 4.00. The van der Waals surface area contributed by atoms with Crippen molar-refractivity contribution in [1.82, 2.24) is 0 Å². The molecule has 3 heteroatoms. The van der Waals surface area contributed by atoms with Gasteiger partial charge in [0.05, 0.1) is 6.26 Å². The Balaban J connectivity index is 2.27. The fraction of sp³-hybridized carbons (Fsp3) is 0.200. The van der Waals surface area contributed by atoms with Gasteiger partial charge < -0.3 is 4.74 Å². The highest BCUT2D eigenvalue weighted by molar-refractivity contribution is 5.44. The second kappa shape index (κ2) is 3.17. The van der Waals surface area contributed by atoms with E-state index >= 15 is 0 Å². The predicted molar refractivity (Wildman–Crippen MR) is 45.1 cm³/mol. The highest BCUT2D eigenvalue weighted by atomic mass is 19.3. The van der Waals surface area contributed by atoms with Crippen molar-refractivity contribution in [3.63, 3.8) is 0 Å². The van der Waals surface area contributed by atoms with E-state index in [0.29, 0.717) is 12.2 Å². The maximum absolute atomic E-state index is 12.3. The molecule has 0 spiro atoms. The van der Waals surface area contributed by atoms with Gasteiger partial charge in [-0.05, 0) is 24.1 Å². The standard InChI is InChI=1S/C10H8F2O/c11-10(12)8-4-3-7-2-1-5-13-9(7)6-8/h1-2,4-6,10H,3H2. The smallest absolute Gasteiger partial charge is 0.263 e. The van der Waals surface area contributed by atoms with Crippen molar-refractivity contribution in [2.45, 2.75) is 12.8 Å². The molecule has 0 aromatic carbocycles. The molecule has 1 heterocycles. The van der Waals surface area contributed by atoms with Gasteiger partial charge in [0.15, 0.2) is 0 Å². The summed E-state index contributed by atoms with van der Waals surface area (Å²) in [5.41, 5.74) is 0.995. The van der Waals surface area contributed by atoms with Crippen LogP contribution in [0.25, 0.3) is 0 Å². The molecular weight excluding hydrogens is 174 g/mol. The summed E-state index contributed by atoms with van der Waals surface area (Å²) in [6.45, 7) is 0. The average Bonchev–Trinajstić information content (AvgIpc) is 2.17. The van der Waals surface area contributed by atoms with Gasteiger partial charge in [-0.3, -0.25) is 0 Å². The number of hydrogen-bond acceptors (Lipinski definition) is 1. The zero-order chi connectivity index (χ0) is 9.26. The lowest BCUT2D eigenvalue weighted by Crippen LogP contribution is -2.05. The SMILES string of the molecule is FC(F)C1=CCC2=CC=COC2=C1. The molecule has 0 bridgehead atoms. The Labute approximate surface area is 74.7 Å². The lowest BCUT2D eigenvalue weighted by Gasteiger charge is -2.17. The molecule has 1 aliphatic heterocycles. The topological polar surface area (TPSA) is 9.23 Å². The van der Waals surface area contributed by atoms with Crippen LogP contribution in [0.5, 0.6) is 0 Å². The van der Waals surface area contributed by atoms with Crippen LogP contribution in [0, 0.1) is 0 Å². The molecule has 2 aliphatic rings. The molecule has 0 radical (unpaired) electrons. The van der Waals surface area contributed by atoms with Gasteiger partial charge in [-0.25, -0.2) is 8.78 Å². The van der Waals surface area contributed by atoms with Gasteiger partial charge in [-0.2, -0.15) is 0 Å². The Morgan fingerprint density at radius 2 is 2.23 bits per heavy atom. The maximum atomic E-state index is 12.3. The minimum atomic E-state index is -2.41. The first-order chi connectivity index (χ1) is 6.27. The summed E-state index contributed by atoms with van der Waals surface area (Å²) in [5, 5.41) is 0. The second-order valence-electron chi connectivity index (χ2n) is 2.86. The van der Waals surface area contributed by atoms with E-state index in [4.69, 9.17) is 4.74 Å². The van der Waals surface area contributed by atoms with Crippen LogP contribution in [0.4, 0.5) is 8.78 Å². The Kier molecular flexibility index (Phi) is 2.00. The first kappa shape index (κ1) is 8.23. The molecule has 1 nitrogen and oxygen atoms in total. The monoisotopic (exact) mass is 182 g/mol. The summed E-state index contributed by atoms with van der Waals surface area (Å²) >= 11 is 0. The Morgan fingerprint density at radius 1 is 1.38 bits per heavy atom. The van der Waals surface area contributed by atoms with E-state index in [1.807, 2.05) is 6.08 Å². The summed E-state index contributed by atoms with van der Waals surface area (Å²) in [6.07, 6.45) is 6.15. The largest absolute Gasteiger partial charge is 0.465 e. The molecule has 0 amide bonds. The van der Waals surface area contributed by atoms with Crippen molar-refractivity contribution in [1.29, 1.82) is 0 Å². The fourth-order valence-electron chi connectivity index (χ4n) is 1.31. The van der Waals surface area contributed by atoms with Crippen molar-refractivity contribution in [2.75, 3.05) is 0 Å². The Hall–Kier alpha value is -1.38. The van der Waals surface area contributed by atoms with Crippen LogP contribution in [-0.2, 0) is 4.74 Å². The summed E-state index contributed by atoms with van der Waals surface area (Å²) in [7, 11) is 0. The van der Waals surface area contributed by atoms with Gasteiger partial charge in [0.2, 0.25) is 0 Å². The number of halogens is 2. The number of rotatable bonds is 1.